The van der Waals surface area contributed by atoms with Crippen molar-refractivity contribution >= 4 is 22.6 Å². The van der Waals surface area contributed by atoms with Crippen molar-refractivity contribution in [1.82, 2.24) is 4.98 Å². The zero-order chi connectivity index (χ0) is 14.1. The highest BCUT2D eigenvalue weighted by molar-refractivity contribution is 6.30. The van der Waals surface area contributed by atoms with Crippen molar-refractivity contribution in [2.75, 3.05) is 0 Å². The van der Waals surface area contributed by atoms with E-state index in [0.717, 1.165) is 28.7 Å². The Morgan fingerprint density at radius 3 is 2.75 bits per heavy atom. The number of fused-ring (bicyclic) bond motifs is 1. The highest BCUT2D eigenvalue weighted by atomic mass is 35.5. The van der Waals surface area contributed by atoms with E-state index in [9.17, 15) is 0 Å². The van der Waals surface area contributed by atoms with E-state index in [-0.39, 0.29) is 5.15 Å². The Labute approximate surface area is 121 Å². The third-order valence-corrected chi connectivity index (χ3v) is 3.54. The summed E-state index contributed by atoms with van der Waals surface area (Å²) in [4.78, 5) is 4.27. The lowest BCUT2D eigenvalue weighted by Crippen LogP contribution is -1.89. The number of nitrogens with zero attached hydrogens (tertiary/aromatic N) is 2. The van der Waals surface area contributed by atoms with Gasteiger partial charge in [0, 0.05) is 10.9 Å². The summed E-state index contributed by atoms with van der Waals surface area (Å²) >= 11 is 6.00. The van der Waals surface area contributed by atoms with Gasteiger partial charge in [-0.3, -0.25) is 0 Å². The highest BCUT2D eigenvalue weighted by Gasteiger charge is 2.16. The van der Waals surface area contributed by atoms with Gasteiger partial charge in [0.1, 0.15) is 22.5 Å². The van der Waals surface area contributed by atoms with E-state index in [1.165, 1.54) is 0 Å². The normalized spacial score (nSPS) is 10.7. The monoisotopic (exact) mass is 282 g/mol. The number of nitriles is 1. The molecule has 0 aliphatic heterocycles. The minimum Gasteiger partial charge on any atom is -0.454 e. The molecule has 3 nitrogen and oxygen atoms in total. The second-order valence-corrected chi connectivity index (χ2v) is 4.76. The molecule has 0 N–H and O–H groups in total. The quantitative estimate of drug-likeness (QED) is 0.646. The van der Waals surface area contributed by atoms with Crippen LogP contribution >= 0.6 is 11.6 Å². The molecule has 0 spiro atoms. The van der Waals surface area contributed by atoms with E-state index < -0.39 is 0 Å². The van der Waals surface area contributed by atoms with Gasteiger partial charge >= 0.3 is 0 Å². The van der Waals surface area contributed by atoms with Gasteiger partial charge in [-0.15, -0.1) is 0 Å². The fourth-order valence-electron chi connectivity index (χ4n) is 2.30. The molecule has 0 aliphatic carbocycles. The number of pyridine rings is 1. The van der Waals surface area contributed by atoms with Crippen molar-refractivity contribution in [2.24, 2.45) is 0 Å². The number of aromatic nitrogens is 1. The van der Waals surface area contributed by atoms with Crippen molar-refractivity contribution in [3.8, 4) is 17.5 Å². The first kappa shape index (κ1) is 12.7. The number of benzene rings is 1. The largest absolute Gasteiger partial charge is 0.454 e. The van der Waals surface area contributed by atoms with Crippen LogP contribution in [0.5, 0.6) is 0 Å². The van der Waals surface area contributed by atoms with Crippen LogP contribution in [0, 0.1) is 11.3 Å². The molecule has 0 aliphatic rings. The smallest absolute Gasteiger partial charge is 0.157 e. The Morgan fingerprint density at radius 1 is 1.25 bits per heavy atom. The van der Waals surface area contributed by atoms with Crippen LogP contribution in [0.4, 0.5) is 0 Å². The molecule has 20 heavy (non-hydrogen) atoms. The van der Waals surface area contributed by atoms with E-state index in [2.05, 4.69) is 11.9 Å². The van der Waals surface area contributed by atoms with Gasteiger partial charge in [-0.25, -0.2) is 4.98 Å². The van der Waals surface area contributed by atoms with Gasteiger partial charge in [-0.05, 0) is 24.6 Å². The molecule has 0 saturated carbocycles. The summed E-state index contributed by atoms with van der Waals surface area (Å²) in [5, 5.41) is 10.2. The first-order valence-corrected chi connectivity index (χ1v) is 6.69. The standard InChI is InChI=1S/C16H11ClN2O/c1-2-11-12-5-3-4-6-14(12)20-15(11)13-8-7-10(9-18)16(17)19-13/h3-8H,2H2,1H3. The van der Waals surface area contributed by atoms with Gasteiger partial charge in [-0.1, -0.05) is 36.7 Å². The molecule has 0 fully saturated rings. The lowest BCUT2D eigenvalue weighted by molar-refractivity contribution is 0.624. The average molecular weight is 283 g/mol. The summed E-state index contributed by atoms with van der Waals surface area (Å²) in [6.45, 7) is 2.08. The fraction of sp³-hybridized carbons (Fsp3) is 0.125. The maximum absolute atomic E-state index is 8.90. The zero-order valence-corrected chi connectivity index (χ0v) is 11.6. The van der Waals surface area contributed by atoms with Gasteiger partial charge in [0.25, 0.3) is 0 Å². The van der Waals surface area contributed by atoms with Crippen molar-refractivity contribution in [3.63, 3.8) is 0 Å². The van der Waals surface area contributed by atoms with E-state index in [1.807, 2.05) is 30.3 Å². The molecule has 0 unspecified atom stereocenters. The molecular weight excluding hydrogens is 272 g/mol. The van der Waals surface area contributed by atoms with Crippen LogP contribution in [0.1, 0.15) is 18.1 Å². The Kier molecular flexibility index (Phi) is 3.17. The molecule has 2 aromatic heterocycles. The number of furan rings is 1. The van der Waals surface area contributed by atoms with E-state index >= 15 is 0 Å². The molecule has 98 valence electrons. The summed E-state index contributed by atoms with van der Waals surface area (Å²) in [7, 11) is 0. The summed E-state index contributed by atoms with van der Waals surface area (Å²) < 4.78 is 5.90. The van der Waals surface area contributed by atoms with Crippen LogP contribution in [0.15, 0.2) is 40.8 Å². The van der Waals surface area contributed by atoms with E-state index in [1.54, 1.807) is 12.1 Å². The molecule has 0 bridgehead atoms. The molecular formula is C16H11ClN2O. The molecule has 0 radical (unpaired) electrons. The third-order valence-electron chi connectivity index (χ3n) is 3.25. The Bertz CT molecular complexity index is 830. The molecule has 3 rings (SSSR count). The highest BCUT2D eigenvalue weighted by Crippen LogP contribution is 2.33. The predicted molar refractivity (Wildman–Crippen MR) is 78.5 cm³/mol. The van der Waals surface area contributed by atoms with Crippen molar-refractivity contribution in [2.45, 2.75) is 13.3 Å². The first-order chi connectivity index (χ1) is 9.74. The second kappa shape index (κ2) is 4.99. The minimum absolute atomic E-state index is 0.201. The summed E-state index contributed by atoms with van der Waals surface area (Å²) in [6.07, 6.45) is 0.839. The van der Waals surface area contributed by atoms with Crippen LogP contribution < -0.4 is 0 Å². The van der Waals surface area contributed by atoms with Gasteiger partial charge < -0.3 is 4.42 Å². The first-order valence-electron chi connectivity index (χ1n) is 6.32. The second-order valence-electron chi connectivity index (χ2n) is 4.41. The van der Waals surface area contributed by atoms with Crippen molar-refractivity contribution in [1.29, 1.82) is 5.26 Å². The molecule has 1 aromatic carbocycles. The average Bonchev–Trinajstić information content (AvgIpc) is 2.85. The molecule has 3 aromatic rings. The maximum atomic E-state index is 8.90. The number of rotatable bonds is 2. The van der Waals surface area contributed by atoms with Crippen LogP contribution in [-0.2, 0) is 6.42 Å². The van der Waals surface area contributed by atoms with E-state index in [0.29, 0.717) is 11.3 Å². The molecule has 0 saturated heterocycles. The Morgan fingerprint density at radius 2 is 2.05 bits per heavy atom. The number of halogens is 1. The number of aryl methyl sites for hydroxylation is 1. The molecule has 0 atom stereocenters. The van der Waals surface area contributed by atoms with Crippen molar-refractivity contribution < 1.29 is 4.42 Å². The maximum Gasteiger partial charge on any atom is 0.157 e. The van der Waals surface area contributed by atoms with Crippen molar-refractivity contribution in [3.05, 3.63) is 52.7 Å². The van der Waals surface area contributed by atoms with E-state index in [4.69, 9.17) is 21.3 Å². The fourth-order valence-corrected chi connectivity index (χ4v) is 2.50. The molecule has 2 heterocycles. The van der Waals surface area contributed by atoms with Crippen LogP contribution in [-0.4, -0.2) is 4.98 Å². The minimum atomic E-state index is 0.201. The number of para-hydroxylation sites is 1. The topological polar surface area (TPSA) is 49.8 Å². The van der Waals surface area contributed by atoms with Crippen LogP contribution in [0.25, 0.3) is 22.4 Å². The van der Waals surface area contributed by atoms with Crippen LogP contribution in [0.2, 0.25) is 5.15 Å². The van der Waals surface area contributed by atoms with Crippen LogP contribution in [0.3, 0.4) is 0 Å². The van der Waals surface area contributed by atoms with Gasteiger partial charge in [0.05, 0.1) is 5.56 Å². The SMILES string of the molecule is CCc1c(-c2ccc(C#N)c(Cl)n2)oc2ccccc12. The predicted octanol–water partition coefficient (Wildman–Crippen LogP) is 4.58. The Balaban J connectivity index is 2.24. The van der Waals surface area contributed by atoms with Gasteiger partial charge in [0.15, 0.2) is 5.76 Å². The summed E-state index contributed by atoms with van der Waals surface area (Å²) in [5.74, 6) is 0.722. The lowest BCUT2D eigenvalue weighted by atomic mass is 10.1. The summed E-state index contributed by atoms with van der Waals surface area (Å²) in [6, 6.07) is 13.3. The number of hydrogen-bond donors (Lipinski definition) is 0. The lowest BCUT2D eigenvalue weighted by Gasteiger charge is -2.01. The summed E-state index contributed by atoms with van der Waals surface area (Å²) in [5.41, 5.74) is 2.96. The zero-order valence-electron chi connectivity index (χ0n) is 10.9. The van der Waals surface area contributed by atoms with Gasteiger partial charge in [0.2, 0.25) is 0 Å². The molecule has 4 heteroatoms. The molecule has 0 amide bonds. The third kappa shape index (κ3) is 1.95. The Hall–Kier alpha value is -2.31. The number of hydrogen-bond acceptors (Lipinski definition) is 3. The van der Waals surface area contributed by atoms with Gasteiger partial charge in [-0.2, -0.15) is 5.26 Å².